The Morgan fingerprint density at radius 1 is 1.46 bits per heavy atom. The van der Waals surface area contributed by atoms with E-state index >= 15 is 0 Å². The van der Waals surface area contributed by atoms with Gasteiger partial charge >= 0.3 is 0 Å². The Kier molecular flexibility index (Phi) is 1.85. The van der Waals surface area contributed by atoms with Gasteiger partial charge in [0, 0.05) is 23.9 Å². The fraction of sp³-hybridized carbons (Fsp3) is 0.200. The maximum Gasteiger partial charge on any atom is 0.167 e. The van der Waals surface area contributed by atoms with E-state index in [1.807, 2.05) is 0 Å². The number of aliphatic hydroxyl groups is 1. The topological polar surface area (TPSA) is 50.2 Å². The molecule has 0 saturated carbocycles. The largest absolute Gasteiger partial charge is 0.515 e. The number of nitrogens with zero attached hydrogens (tertiary/aromatic N) is 1. The van der Waals surface area contributed by atoms with Crippen molar-refractivity contribution in [3.8, 4) is 0 Å². The summed E-state index contributed by atoms with van der Waals surface area (Å²) in [6.45, 7) is 0. The van der Waals surface area contributed by atoms with Gasteiger partial charge in [0.2, 0.25) is 0 Å². The van der Waals surface area contributed by atoms with Crippen LogP contribution < -0.4 is 0 Å². The van der Waals surface area contributed by atoms with Crippen LogP contribution in [0.15, 0.2) is 24.6 Å². The van der Waals surface area contributed by atoms with Crippen LogP contribution in [-0.4, -0.2) is 15.9 Å². The van der Waals surface area contributed by atoms with Crippen molar-refractivity contribution in [2.75, 3.05) is 0 Å². The van der Waals surface area contributed by atoms with E-state index in [0.717, 1.165) is 17.5 Å². The molecule has 0 radical (unpaired) electrons. The maximum absolute atomic E-state index is 11.3. The third-order valence-electron chi connectivity index (χ3n) is 2.20. The Morgan fingerprint density at radius 3 is 3.08 bits per heavy atom. The molecule has 1 aromatic heterocycles. The lowest BCUT2D eigenvalue weighted by atomic mass is 9.91. The minimum absolute atomic E-state index is 0.0111. The van der Waals surface area contributed by atoms with Gasteiger partial charge in [-0.2, -0.15) is 0 Å². The summed E-state index contributed by atoms with van der Waals surface area (Å²) in [6.07, 6.45) is 3.69. The summed E-state index contributed by atoms with van der Waals surface area (Å²) in [5.41, 5.74) is 2.04. The number of aliphatic hydroxyl groups excluding tert-OH is 1. The molecule has 3 nitrogen and oxygen atoms in total. The van der Waals surface area contributed by atoms with E-state index in [2.05, 4.69) is 4.98 Å². The number of allylic oxidation sites excluding steroid dienone is 1. The van der Waals surface area contributed by atoms with Gasteiger partial charge in [0.25, 0.3) is 0 Å². The minimum atomic E-state index is -0.0111. The lowest BCUT2D eigenvalue weighted by Crippen LogP contribution is -2.13. The van der Waals surface area contributed by atoms with E-state index in [1.165, 1.54) is 0 Å². The quantitative estimate of drug-likeness (QED) is 0.480. The summed E-state index contributed by atoms with van der Waals surface area (Å²) in [5, 5.41) is 8.90. The fourth-order valence-electron chi connectivity index (χ4n) is 1.54. The maximum atomic E-state index is 11.3. The van der Waals surface area contributed by atoms with Crippen LogP contribution in [0.25, 0.3) is 5.57 Å². The zero-order chi connectivity index (χ0) is 9.26. The zero-order valence-corrected chi connectivity index (χ0v) is 7.03. The first-order valence-electron chi connectivity index (χ1n) is 4.15. The molecule has 0 fully saturated rings. The van der Waals surface area contributed by atoms with Crippen LogP contribution in [0, 0.1) is 0 Å². The lowest BCUT2D eigenvalue weighted by molar-refractivity contribution is -0.114. The Labute approximate surface area is 75.7 Å². The minimum Gasteiger partial charge on any atom is -0.515 e. The molecule has 0 amide bonds. The van der Waals surface area contributed by atoms with Gasteiger partial charge < -0.3 is 5.11 Å². The number of pyridine rings is 1. The second-order valence-electron chi connectivity index (χ2n) is 2.96. The highest BCUT2D eigenvalue weighted by molar-refractivity contribution is 6.21. The lowest BCUT2D eigenvalue weighted by Gasteiger charge is -2.15. The molecule has 0 atom stereocenters. The van der Waals surface area contributed by atoms with Crippen LogP contribution in [-0.2, 0) is 11.2 Å². The van der Waals surface area contributed by atoms with Crippen molar-refractivity contribution in [2.45, 2.75) is 12.8 Å². The fourth-order valence-corrected chi connectivity index (χ4v) is 1.54. The molecule has 2 rings (SSSR count). The van der Waals surface area contributed by atoms with E-state index in [4.69, 9.17) is 5.11 Å². The SMILES string of the molecule is O=C1CCc2ncccc2/C1=C\O. The number of aryl methyl sites for hydroxylation is 1. The molecule has 66 valence electrons. The van der Waals surface area contributed by atoms with E-state index in [0.29, 0.717) is 18.4 Å². The Balaban J connectivity index is 2.58. The van der Waals surface area contributed by atoms with Crippen LogP contribution in [0.3, 0.4) is 0 Å². The second kappa shape index (κ2) is 3.01. The van der Waals surface area contributed by atoms with Gasteiger partial charge in [0.05, 0.1) is 11.8 Å². The molecule has 0 unspecified atom stereocenters. The van der Waals surface area contributed by atoms with Gasteiger partial charge in [0.1, 0.15) is 0 Å². The van der Waals surface area contributed by atoms with Gasteiger partial charge in [-0.25, -0.2) is 0 Å². The van der Waals surface area contributed by atoms with Crippen molar-refractivity contribution in [1.29, 1.82) is 0 Å². The van der Waals surface area contributed by atoms with E-state index in [-0.39, 0.29) is 5.78 Å². The second-order valence-corrected chi connectivity index (χ2v) is 2.96. The molecule has 0 saturated heterocycles. The summed E-state index contributed by atoms with van der Waals surface area (Å²) in [4.78, 5) is 15.5. The zero-order valence-electron chi connectivity index (χ0n) is 7.03. The van der Waals surface area contributed by atoms with Crippen LogP contribution >= 0.6 is 0 Å². The summed E-state index contributed by atoms with van der Waals surface area (Å²) in [7, 11) is 0. The Morgan fingerprint density at radius 2 is 2.31 bits per heavy atom. The summed E-state index contributed by atoms with van der Waals surface area (Å²) in [6, 6.07) is 3.57. The van der Waals surface area contributed by atoms with Crippen LogP contribution in [0.5, 0.6) is 0 Å². The summed E-state index contributed by atoms with van der Waals surface area (Å²) < 4.78 is 0. The highest BCUT2D eigenvalue weighted by atomic mass is 16.2. The van der Waals surface area contributed by atoms with Crippen molar-refractivity contribution in [1.82, 2.24) is 4.98 Å². The standard InChI is InChI=1S/C10H9NO2/c12-6-8-7-2-1-5-11-9(7)3-4-10(8)13/h1-2,5-6,12H,3-4H2/b8-6+. The monoisotopic (exact) mass is 175 g/mol. The molecule has 0 aromatic carbocycles. The summed E-state index contributed by atoms with van der Waals surface area (Å²) >= 11 is 0. The molecule has 1 aliphatic carbocycles. The number of carbonyl (C=O) groups is 1. The highest BCUT2D eigenvalue weighted by Gasteiger charge is 2.21. The number of carbonyl (C=O) groups excluding carboxylic acids is 1. The van der Waals surface area contributed by atoms with Crippen molar-refractivity contribution < 1.29 is 9.90 Å². The Hall–Kier alpha value is -1.64. The van der Waals surface area contributed by atoms with Gasteiger partial charge in [-0.15, -0.1) is 0 Å². The molecule has 1 heterocycles. The van der Waals surface area contributed by atoms with Gasteiger partial charge in [0.15, 0.2) is 5.78 Å². The molecule has 0 spiro atoms. The molecule has 1 aromatic rings. The molecular formula is C10H9NO2. The molecule has 13 heavy (non-hydrogen) atoms. The first kappa shape index (κ1) is 7.98. The summed E-state index contributed by atoms with van der Waals surface area (Å²) in [5.74, 6) is -0.0111. The average molecular weight is 175 g/mol. The molecule has 0 bridgehead atoms. The molecular weight excluding hydrogens is 166 g/mol. The normalized spacial score (nSPS) is 18.8. The van der Waals surface area contributed by atoms with Crippen molar-refractivity contribution >= 4 is 11.4 Å². The predicted octanol–water partition coefficient (Wildman–Crippen LogP) is 1.50. The number of rotatable bonds is 0. The number of hydrogen-bond donors (Lipinski definition) is 1. The third-order valence-corrected chi connectivity index (χ3v) is 2.20. The van der Waals surface area contributed by atoms with Crippen LogP contribution in [0.4, 0.5) is 0 Å². The molecule has 1 aliphatic rings. The van der Waals surface area contributed by atoms with Crippen molar-refractivity contribution in [3.63, 3.8) is 0 Å². The smallest absolute Gasteiger partial charge is 0.167 e. The Bertz CT molecular complexity index is 382. The number of Topliss-reactive ketones (excluding diaryl/α,β-unsaturated/α-hetero) is 1. The van der Waals surface area contributed by atoms with Crippen LogP contribution in [0.2, 0.25) is 0 Å². The van der Waals surface area contributed by atoms with Gasteiger partial charge in [-0.05, 0) is 12.5 Å². The van der Waals surface area contributed by atoms with Crippen molar-refractivity contribution in [2.24, 2.45) is 0 Å². The van der Waals surface area contributed by atoms with Gasteiger partial charge in [-0.3, -0.25) is 9.78 Å². The predicted molar refractivity (Wildman–Crippen MR) is 48.2 cm³/mol. The number of fused-ring (bicyclic) bond motifs is 1. The highest BCUT2D eigenvalue weighted by Crippen LogP contribution is 2.25. The van der Waals surface area contributed by atoms with Crippen LogP contribution in [0.1, 0.15) is 17.7 Å². The van der Waals surface area contributed by atoms with Gasteiger partial charge in [-0.1, -0.05) is 6.07 Å². The first-order valence-corrected chi connectivity index (χ1v) is 4.15. The number of ketones is 1. The average Bonchev–Trinajstić information content (AvgIpc) is 2.18. The van der Waals surface area contributed by atoms with E-state index < -0.39 is 0 Å². The van der Waals surface area contributed by atoms with E-state index in [1.54, 1.807) is 18.3 Å². The van der Waals surface area contributed by atoms with E-state index in [9.17, 15) is 4.79 Å². The number of hydrogen-bond acceptors (Lipinski definition) is 3. The number of aromatic nitrogens is 1. The third kappa shape index (κ3) is 1.22. The molecule has 1 N–H and O–H groups in total. The molecule has 3 heteroatoms. The van der Waals surface area contributed by atoms with Crippen molar-refractivity contribution in [3.05, 3.63) is 35.8 Å². The molecule has 0 aliphatic heterocycles. The first-order chi connectivity index (χ1) is 6.33.